The lowest BCUT2D eigenvalue weighted by molar-refractivity contribution is 0.0843. The molecule has 0 aromatic carbocycles. The Balaban J connectivity index is 1.42. The maximum Gasteiger partial charge on any atom is 0.223 e. The van der Waals surface area contributed by atoms with Crippen LogP contribution in [0.4, 0.5) is 5.82 Å². The average molecular weight is 391 g/mol. The van der Waals surface area contributed by atoms with Crippen molar-refractivity contribution in [2.24, 2.45) is 0 Å². The van der Waals surface area contributed by atoms with Gasteiger partial charge in [-0.25, -0.2) is 9.97 Å². The molecule has 9 heteroatoms. The highest BCUT2D eigenvalue weighted by Gasteiger charge is 2.23. The van der Waals surface area contributed by atoms with Crippen molar-refractivity contribution in [3.63, 3.8) is 0 Å². The van der Waals surface area contributed by atoms with Gasteiger partial charge in [-0.2, -0.15) is 4.98 Å². The number of thioether (sulfide) groups is 1. The predicted octanol–water partition coefficient (Wildman–Crippen LogP) is 2.11. The fourth-order valence-corrected chi connectivity index (χ4v) is 4.01. The summed E-state index contributed by atoms with van der Waals surface area (Å²) in [6, 6.07) is 2.19. The molecule has 4 rings (SSSR count). The van der Waals surface area contributed by atoms with Gasteiger partial charge in [-0.15, -0.1) is 0 Å². The van der Waals surface area contributed by atoms with Crippen molar-refractivity contribution >= 4 is 17.6 Å². The van der Waals surface area contributed by atoms with Gasteiger partial charge < -0.3 is 14.2 Å². The van der Waals surface area contributed by atoms with Crippen LogP contribution in [-0.4, -0.2) is 70.7 Å². The zero-order valence-electron chi connectivity index (χ0n) is 15.9. The molecule has 146 valence electrons. The molecule has 27 heavy (non-hydrogen) atoms. The lowest BCUT2D eigenvalue weighted by Crippen LogP contribution is -2.46. The van der Waals surface area contributed by atoms with E-state index in [0.29, 0.717) is 11.8 Å². The third-order valence-electron chi connectivity index (χ3n) is 5.17. The SMILES string of the molecule is CSc1nc(C2CCOCC2)cc(N2CCN(Cc3noc(C)n3)CC2)n1. The Morgan fingerprint density at radius 3 is 2.56 bits per heavy atom. The van der Waals surface area contributed by atoms with Gasteiger partial charge in [0, 0.05) is 58.3 Å². The topological polar surface area (TPSA) is 80.4 Å². The van der Waals surface area contributed by atoms with E-state index in [4.69, 9.17) is 19.2 Å². The van der Waals surface area contributed by atoms with Gasteiger partial charge in [0.2, 0.25) is 5.89 Å². The van der Waals surface area contributed by atoms with Crippen LogP contribution in [0.5, 0.6) is 0 Å². The number of hydrogen-bond acceptors (Lipinski definition) is 9. The minimum Gasteiger partial charge on any atom is -0.381 e. The predicted molar refractivity (Wildman–Crippen MR) is 103 cm³/mol. The largest absolute Gasteiger partial charge is 0.381 e. The molecule has 0 atom stereocenters. The van der Waals surface area contributed by atoms with Crippen molar-refractivity contribution in [1.29, 1.82) is 0 Å². The molecule has 8 nitrogen and oxygen atoms in total. The van der Waals surface area contributed by atoms with E-state index in [-0.39, 0.29) is 0 Å². The Morgan fingerprint density at radius 1 is 1.11 bits per heavy atom. The first-order valence-corrected chi connectivity index (χ1v) is 10.7. The Bertz CT molecular complexity index is 756. The summed E-state index contributed by atoms with van der Waals surface area (Å²) in [7, 11) is 0. The molecule has 4 heterocycles. The van der Waals surface area contributed by atoms with Crippen LogP contribution in [-0.2, 0) is 11.3 Å². The summed E-state index contributed by atoms with van der Waals surface area (Å²) in [5.74, 6) is 2.91. The van der Waals surface area contributed by atoms with Gasteiger partial charge in [0.05, 0.1) is 12.2 Å². The van der Waals surface area contributed by atoms with Gasteiger partial charge in [0.1, 0.15) is 5.82 Å². The molecule has 0 saturated carbocycles. The molecule has 2 saturated heterocycles. The summed E-state index contributed by atoms with van der Waals surface area (Å²) in [6.07, 6.45) is 4.13. The van der Waals surface area contributed by atoms with E-state index >= 15 is 0 Å². The molecule has 0 bridgehead atoms. The second kappa shape index (κ2) is 8.53. The van der Waals surface area contributed by atoms with Crippen LogP contribution in [0.15, 0.2) is 15.7 Å². The Labute approximate surface area is 163 Å². The first-order valence-electron chi connectivity index (χ1n) is 9.48. The molecular weight excluding hydrogens is 364 g/mol. The molecule has 0 spiro atoms. The second-order valence-electron chi connectivity index (χ2n) is 7.02. The lowest BCUT2D eigenvalue weighted by atomic mass is 9.96. The molecule has 0 N–H and O–H groups in total. The minimum atomic E-state index is 0.481. The van der Waals surface area contributed by atoms with Crippen molar-refractivity contribution < 1.29 is 9.26 Å². The lowest BCUT2D eigenvalue weighted by Gasteiger charge is -2.35. The number of hydrogen-bond donors (Lipinski definition) is 0. The van der Waals surface area contributed by atoms with E-state index in [2.05, 4.69) is 26.0 Å². The highest BCUT2D eigenvalue weighted by atomic mass is 32.2. The Morgan fingerprint density at radius 2 is 1.89 bits per heavy atom. The van der Waals surface area contributed by atoms with Crippen LogP contribution >= 0.6 is 11.8 Å². The zero-order valence-corrected chi connectivity index (χ0v) is 16.7. The highest BCUT2D eigenvalue weighted by Crippen LogP contribution is 2.29. The van der Waals surface area contributed by atoms with Crippen LogP contribution in [0.2, 0.25) is 0 Å². The van der Waals surface area contributed by atoms with Crippen molar-refractivity contribution in [2.45, 2.75) is 37.4 Å². The fourth-order valence-electron chi connectivity index (χ4n) is 3.63. The summed E-state index contributed by atoms with van der Waals surface area (Å²) in [4.78, 5) is 18.6. The number of nitrogens with zero attached hydrogens (tertiary/aromatic N) is 6. The number of aromatic nitrogens is 4. The third kappa shape index (κ3) is 4.59. The summed E-state index contributed by atoms with van der Waals surface area (Å²) in [5, 5.41) is 4.86. The zero-order chi connectivity index (χ0) is 18.6. The highest BCUT2D eigenvalue weighted by molar-refractivity contribution is 7.98. The average Bonchev–Trinajstić information content (AvgIpc) is 3.13. The Kier molecular flexibility index (Phi) is 5.89. The number of piperazine rings is 1. The summed E-state index contributed by atoms with van der Waals surface area (Å²) in [5.41, 5.74) is 1.16. The van der Waals surface area contributed by atoms with Crippen molar-refractivity contribution in [3.05, 3.63) is 23.5 Å². The third-order valence-corrected chi connectivity index (χ3v) is 5.71. The normalized spacial score (nSPS) is 19.6. The van der Waals surface area contributed by atoms with Gasteiger partial charge in [-0.3, -0.25) is 4.90 Å². The minimum absolute atomic E-state index is 0.481. The van der Waals surface area contributed by atoms with Crippen LogP contribution in [0.1, 0.15) is 36.2 Å². The second-order valence-corrected chi connectivity index (χ2v) is 7.79. The first-order chi connectivity index (χ1) is 13.2. The van der Waals surface area contributed by atoms with Crippen molar-refractivity contribution in [3.8, 4) is 0 Å². The number of aryl methyl sites for hydroxylation is 1. The quantitative estimate of drug-likeness (QED) is 0.563. The van der Waals surface area contributed by atoms with Crippen LogP contribution in [0.25, 0.3) is 0 Å². The van der Waals surface area contributed by atoms with E-state index in [1.807, 2.05) is 13.2 Å². The summed E-state index contributed by atoms with van der Waals surface area (Å²) < 4.78 is 10.6. The monoisotopic (exact) mass is 390 g/mol. The van der Waals surface area contributed by atoms with Gasteiger partial charge in [0.25, 0.3) is 0 Å². The molecule has 2 aromatic heterocycles. The first kappa shape index (κ1) is 18.6. The molecule has 2 aliphatic rings. The van der Waals surface area contributed by atoms with Gasteiger partial charge >= 0.3 is 0 Å². The van der Waals surface area contributed by atoms with Crippen LogP contribution in [0, 0.1) is 6.92 Å². The molecular formula is C18H26N6O2S. The van der Waals surface area contributed by atoms with Crippen LogP contribution < -0.4 is 4.90 Å². The Hall–Kier alpha value is -1.71. The number of rotatable bonds is 5. The van der Waals surface area contributed by atoms with Crippen molar-refractivity contribution in [1.82, 2.24) is 25.0 Å². The molecule has 0 amide bonds. The van der Waals surface area contributed by atoms with Crippen molar-refractivity contribution in [2.75, 3.05) is 50.5 Å². The van der Waals surface area contributed by atoms with Gasteiger partial charge in [-0.05, 0) is 19.1 Å². The molecule has 0 unspecified atom stereocenters. The molecule has 0 radical (unpaired) electrons. The maximum atomic E-state index is 5.51. The summed E-state index contributed by atoms with van der Waals surface area (Å²) in [6.45, 7) is 8.00. The van der Waals surface area contributed by atoms with Gasteiger partial charge in [0.15, 0.2) is 11.0 Å². The van der Waals surface area contributed by atoms with Gasteiger partial charge in [-0.1, -0.05) is 16.9 Å². The molecule has 2 fully saturated rings. The fraction of sp³-hybridized carbons (Fsp3) is 0.667. The van der Waals surface area contributed by atoms with Crippen LogP contribution in [0.3, 0.4) is 0 Å². The maximum absolute atomic E-state index is 5.51. The molecule has 2 aromatic rings. The number of ether oxygens (including phenoxy) is 1. The number of anilines is 1. The van der Waals surface area contributed by atoms with E-state index < -0.39 is 0 Å². The smallest absolute Gasteiger partial charge is 0.223 e. The standard InChI is InChI=1S/C18H26N6O2S/c1-13-19-16(22-26-13)12-23-5-7-24(8-6-23)17-11-15(20-18(21-17)27-2)14-3-9-25-10-4-14/h11,14H,3-10,12H2,1-2H3. The summed E-state index contributed by atoms with van der Waals surface area (Å²) >= 11 is 1.61. The van der Waals surface area contributed by atoms with E-state index in [9.17, 15) is 0 Å². The van der Waals surface area contributed by atoms with E-state index in [1.165, 1.54) is 0 Å². The van der Waals surface area contributed by atoms with E-state index in [1.54, 1.807) is 11.8 Å². The van der Waals surface area contributed by atoms with E-state index in [0.717, 1.165) is 81.3 Å². The molecule has 0 aliphatic carbocycles. The molecule has 2 aliphatic heterocycles.